The van der Waals surface area contributed by atoms with E-state index in [2.05, 4.69) is 5.32 Å². The number of benzene rings is 2. The van der Waals surface area contributed by atoms with Crippen molar-refractivity contribution in [1.82, 2.24) is 15.1 Å². The van der Waals surface area contributed by atoms with Crippen LogP contribution in [0.4, 0.5) is 0 Å². The van der Waals surface area contributed by atoms with E-state index in [9.17, 15) is 10.1 Å². The first-order valence-electron chi connectivity index (χ1n) is 9.76. The first kappa shape index (κ1) is 21.8. The van der Waals surface area contributed by atoms with Gasteiger partial charge in [0.15, 0.2) is 0 Å². The summed E-state index contributed by atoms with van der Waals surface area (Å²) < 4.78 is 12.0. The zero-order chi connectivity index (χ0) is 22.2. The Balaban J connectivity index is 2.08. The van der Waals surface area contributed by atoms with Gasteiger partial charge in [0.25, 0.3) is 5.91 Å². The largest absolute Gasteiger partial charge is 0.497 e. The van der Waals surface area contributed by atoms with Crippen molar-refractivity contribution in [3.05, 3.63) is 71.4 Å². The van der Waals surface area contributed by atoms with Gasteiger partial charge in [-0.2, -0.15) is 10.4 Å². The molecule has 0 atom stereocenters. The van der Waals surface area contributed by atoms with Crippen LogP contribution in [0.25, 0.3) is 23.0 Å². The minimum Gasteiger partial charge on any atom is -0.497 e. The van der Waals surface area contributed by atoms with Gasteiger partial charge in [-0.15, -0.1) is 0 Å². The smallest absolute Gasteiger partial charge is 0.262 e. The maximum absolute atomic E-state index is 12.4. The number of nitrogens with zero attached hydrogens (tertiary/aromatic N) is 3. The fourth-order valence-corrected chi connectivity index (χ4v) is 3.11. The van der Waals surface area contributed by atoms with Gasteiger partial charge in [-0.25, -0.2) is 4.68 Å². The lowest BCUT2D eigenvalue weighted by Crippen LogP contribution is -2.27. The second kappa shape index (κ2) is 10.2. The van der Waals surface area contributed by atoms with Crippen molar-refractivity contribution in [1.29, 1.82) is 5.26 Å². The zero-order valence-corrected chi connectivity index (χ0v) is 17.8. The zero-order valence-electron chi connectivity index (χ0n) is 17.8. The molecule has 0 saturated carbocycles. The predicted octanol–water partition coefficient (Wildman–Crippen LogP) is 3.53. The van der Waals surface area contributed by atoms with Crippen LogP contribution in [0.5, 0.6) is 5.75 Å². The molecule has 7 nitrogen and oxygen atoms in total. The summed E-state index contributed by atoms with van der Waals surface area (Å²) in [6.45, 7) is 2.66. The summed E-state index contributed by atoms with van der Waals surface area (Å²) in [5, 5.41) is 17.0. The Morgan fingerprint density at radius 2 is 2.00 bits per heavy atom. The van der Waals surface area contributed by atoms with E-state index in [0.29, 0.717) is 24.4 Å². The molecule has 0 bridgehead atoms. The molecule has 7 heteroatoms. The monoisotopic (exact) mass is 416 g/mol. The number of hydrogen-bond acceptors (Lipinski definition) is 5. The molecule has 2 aromatic carbocycles. The molecule has 1 N–H and O–H groups in total. The quantitative estimate of drug-likeness (QED) is 0.345. The van der Waals surface area contributed by atoms with Gasteiger partial charge in [-0.1, -0.05) is 18.2 Å². The van der Waals surface area contributed by atoms with Crippen LogP contribution < -0.4 is 10.1 Å². The molecule has 3 rings (SSSR count). The molecular formula is C24H24N4O3. The number of nitriles is 1. The Labute approximate surface area is 181 Å². The molecule has 1 amide bonds. The Bertz CT molecular complexity index is 1130. The highest BCUT2D eigenvalue weighted by atomic mass is 16.5. The summed E-state index contributed by atoms with van der Waals surface area (Å²) >= 11 is 0. The third-order valence-corrected chi connectivity index (χ3v) is 4.71. The highest BCUT2D eigenvalue weighted by Crippen LogP contribution is 2.30. The predicted molar refractivity (Wildman–Crippen MR) is 119 cm³/mol. The van der Waals surface area contributed by atoms with Crippen molar-refractivity contribution in [3.63, 3.8) is 0 Å². The average Bonchev–Trinajstić information content (AvgIpc) is 3.21. The van der Waals surface area contributed by atoms with Crippen LogP contribution in [-0.2, 0) is 9.53 Å². The molecule has 0 aliphatic heterocycles. The van der Waals surface area contributed by atoms with Gasteiger partial charge in [0.2, 0.25) is 0 Å². The molecule has 0 unspecified atom stereocenters. The summed E-state index contributed by atoms with van der Waals surface area (Å²) in [5.74, 6) is 0.292. The van der Waals surface area contributed by atoms with Crippen molar-refractivity contribution in [3.8, 4) is 28.8 Å². The fourth-order valence-electron chi connectivity index (χ4n) is 3.11. The van der Waals surface area contributed by atoms with E-state index in [-0.39, 0.29) is 5.57 Å². The van der Waals surface area contributed by atoms with Gasteiger partial charge >= 0.3 is 0 Å². The number of nitrogens with one attached hydrogen (secondary N) is 1. The molecule has 0 fully saturated rings. The number of aromatic nitrogens is 2. The van der Waals surface area contributed by atoms with Crippen LogP contribution in [0, 0.1) is 18.3 Å². The lowest BCUT2D eigenvalue weighted by atomic mass is 10.0. The first-order chi connectivity index (χ1) is 15.1. The number of amides is 1. The lowest BCUT2D eigenvalue weighted by Gasteiger charge is -2.07. The average molecular weight is 416 g/mol. The molecule has 3 aromatic rings. The number of para-hydroxylation sites is 1. The number of rotatable bonds is 8. The molecule has 0 saturated heterocycles. The van der Waals surface area contributed by atoms with Crippen LogP contribution >= 0.6 is 0 Å². The van der Waals surface area contributed by atoms with Gasteiger partial charge in [-0.3, -0.25) is 4.79 Å². The standard InChI is InChI=1S/C24H24N4O3/c1-17-13-21(31-3)9-10-22(17)23-19(14-18(15-25)24(29)26-11-12-30-2)16-28(27-23)20-7-5-4-6-8-20/h4-10,13-14,16H,11-12H2,1-3H3,(H,26,29). The van der Waals surface area contributed by atoms with E-state index < -0.39 is 5.91 Å². The Kier molecular flexibility index (Phi) is 7.20. The highest BCUT2D eigenvalue weighted by molar-refractivity contribution is 6.02. The third kappa shape index (κ3) is 5.18. The molecule has 31 heavy (non-hydrogen) atoms. The van der Waals surface area contributed by atoms with Gasteiger partial charge in [0, 0.05) is 31.0 Å². The number of ether oxygens (including phenoxy) is 2. The van der Waals surface area contributed by atoms with Crippen LogP contribution in [0.15, 0.2) is 60.3 Å². The molecule has 0 aliphatic carbocycles. The molecule has 158 valence electrons. The van der Waals surface area contributed by atoms with Crippen molar-refractivity contribution in [2.45, 2.75) is 6.92 Å². The molecule has 0 spiro atoms. The lowest BCUT2D eigenvalue weighted by molar-refractivity contribution is -0.117. The summed E-state index contributed by atoms with van der Waals surface area (Å²) in [5.41, 5.74) is 4.06. The van der Waals surface area contributed by atoms with Crippen LogP contribution in [0.2, 0.25) is 0 Å². The molecular weight excluding hydrogens is 392 g/mol. The highest BCUT2D eigenvalue weighted by Gasteiger charge is 2.16. The van der Waals surface area contributed by atoms with Gasteiger partial charge in [-0.05, 0) is 48.9 Å². The normalized spacial score (nSPS) is 11.1. The topological polar surface area (TPSA) is 89.2 Å². The van der Waals surface area contributed by atoms with Crippen molar-refractivity contribution >= 4 is 12.0 Å². The number of hydrogen-bond donors (Lipinski definition) is 1. The van der Waals surface area contributed by atoms with Crippen molar-refractivity contribution in [2.75, 3.05) is 27.4 Å². The second-order valence-electron chi connectivity index (χ2n) is 6.81. The minimum atomic E-state index is -0.454. The molecule has 1 heterocycles. The van der Waals surface area contributed by atoms with E-state index >= 15 is 0 Å². The summed E-state index contributed by atoms with van der Waals surface area (Å²) in [6.07, 6.45) is 3.38. The van der Waals surface area contributed by atoms with Crippen LogP contribution in [0.3, 0.4) is 0 Å². The molecule has 0 aliphatic rings. The van der Waals surface area contributed by atoms with Gasteiger partial charge in [0.05, 0.1) is 19.4 Å². The van der Waals surface area contributed by atoms with E-state index in [4.69, 9.17) is 14.6 Å². The summed E-state index contributed by atoms with van der Waals surface area (Å²) in [6, 6.07) is 17.4. The fraction of sp³-hybridized carbons (Fsp3) is 0.208. The molecule has 0 radical (unpaired) electrons. The van der Waals surface area contributed by atoms with E-state index in [0.717, 1.165) is 22.6 Å². The Morgan fingerprint density at radius 1 is 1.23 bits per heavy atom. The SMILES string of the molecule is COCCNC(=O)C(C#N)=Cc1cn(-c2ccccc2)nc1-c1ccc(OC)cc1C. The number of aryl methyl sites for hydroxylation is 1. The maximum Gasteiger partial charge on any atom is 0.262 e. The van der Waals surface area contributed by atoms with Crippen molar-refractivity contribution in [2.24, 2.45) is 0 Å². The third-order valence-electron chi connectivity index (χ3n) is 4.71. The second-order valence-corrected chi connectivity index (χ2v) is 6.81. The minimum absolute atomic E-state index is 0.00358. The maximum atomic E-state index is 12.4. The number of carbonyl (C=O) groups is 1. The first-order valence-corrected chi connectivity index (χ1v) is 9.76. The van der Waals surface area contributed by atoms with Gasteiger partial charge in [0.1, 0.15) is 23.1 Å². The van der Waals surface area contributed by atoms with E-state index in [1.54, 1.807) is 25.0 Å². The Morgan fingerprint density at radius 3 is 2.65 bits per heavy atom. The van der Waals surface area contributed by atoms with Crippen molar-refractivity contribution < 1.29 is 14.3 Å². The van der Waals surface area contributed by atoms with Crippen LogP contribution in [-0.4, -0.2) is 43.1 Å². The number of methoxy groups -OCH3 is 2. The summed E-state index contributed by atoms with van der Waals surface area (Å²) in [7, 11) is 3.17. The van der Waals surface area contributed by atoms with Crippen LogP contribution in [0.1, 0.15) is 11.1 Å². The Hall–Kier alpha value is -3.89. The summed E-state index contributed by atoms with van der Waals surface area (Å²) in [4.78, 5) is 12.4. The van der Waals surface area contributed by atoms with E-state index in [1.165, 1.54) is 0 Å². The molecule has 1 aromatic heterocycles. The van der Waals surface area contributed by atoms with E-state index in [1.807, 2.05) is 67.7 Å². The number of carbonyl (C=O) groups excluding carboxylic acids is 1. The van der Waals surface area contributed by atoms with Gasteiger partial charge < -0.3 is 14.8 Å².